The lowest BCUT2D eigenvalue weighted by Gasteiger charge is -2.17. The third-order valence-electron chi connectivity index (χ3n) is 2.78. The standard InChI is InChI=1S/C12H16N2OS2/c1-17-10-4-2-3-9(11(10)12(13)16)14-8-5-6-15-7-8/h2-4,8,14H,5-7H2,1H3,(H2,13,16). The summed E-state index contributed by atoms with van der Waals surface area (Å²) in [5.74, 6) is 0. The van der Waals surface area contributed by atoms with E-state index in [1.165, 1.54) is 0 Å². The van der Waals surface area contributed by atoms with Crippen LogP contribution in [0.15, 0.2) is 23.1 Å². The Labute approximate surface area is 111 Å². The highest BCUT2D eigenvalue weighted by molar-refractivity contribution is 7.98. The lowest BCUT2D eigenvalue weighted by molar-refractivity contribution is 0.195. The summed E-state index contributed by atoms with van der Waals surface area (Å²) in [6.45, 7) is 1.57. The topological polar surface area (TPSA) is 47.3 Å². The molecule has 0 radical (unpaired) electrons. The second-order valence-corrected chi connectivity index (χ2v) is 5.24. The van der Waals surface area contributed by atoms with Gasteiger partial charge in [0.25, 0.3) is 0 Å². The Morgan fingerprint density at radius 1 is 1.59 bits per heavy atom. The van der Waals surface area contributed by atoms with Crippen LogP contribution in [0.3, 0.4) is 0 Å². The third kappa shape index (κ3) is 2.91. The molecule has 5 heteroatoms. The Balaban J connectivity index is 2.28. The Hall–Kier alpha value is -0.780. The fraction of sp³-hybridized carbons (Fsp3) is 0.417. The molecule has 1 unspecified atom stereocenters. The van der Waals surface area contributed by atoms with Crippen molar-refractivity contribution >= 4 is 34.7 Å². The van der Waals surface area contributed by atoms with E-state index in [0.717, 1.165) is 35.8 Å². The van der Waals surface area contributed by atoms with Gasteiger partial charge in [-0.05, 0) is 24.8 Å². The summed E-state index contributed by atoms with van der Waals surface area (Å²) in [5, 5.41) is 3.46. The van der Waals surface area contributed by atoms with E-state index in [2.05, 4.69) is 5.32 Å². The molecule has 92 valence electrons. The Morgan fingerprint density at radius 2 is 2.41 bits per heavy atom. The van der Waals surface area contributed by atoms with E-state index in [1.54, 1.807) is 11.8 Å². The molecule has 0 bridgehead atoms. The summed E-state index contributed by atoms with van der Waals surface area (Å²) in [6.07, 6.45) is 3.06. The second-order valence-electron chi connectivity index (χ2n) is 3.95. The maximum Gasteiger partial charge on any atom is 0.107 e. The van der Waals surface area contributed by atoms with Crippen molar-refractivity contribution in [1.82, 2.24) is 0 Å². The zero-order valence-corrected chi connectivity index (χ0v) is 11.4. The predicted molar refractivity (Wildman–Crippen MR) is 77.0 cm³/mol. The summed E-state index contributed by atoms with van der Waals surface area (Å²) in [6, 6.07) is 6.44. The van der Waals surface area contributed by atoms with Crippen molar-refractivity contribution in [3.05, 3.63) is 23.8 Å². The number of hydrogen-bond donors (Lipinski definition) is 2. The maximum absolute atomic E-state index is 5.81. The number of rotatable bonds is 4. The van der Waals surface area contributed by atoms with Crippen molar-refractivity contribution in [1.29, 1.82) is 0 Å². The summed E-state index contributed by atoms with van der Waals surface area (Å²) < 4.78 is 5.35. The van der Waals surface area contributed by atoms with Gasteiger partial charge < -0.3 is 15.8 Å². The van der Waals surface area contributed by atoms with Gasteiger partial charge in [0.1, 0.15) is 4.99 Å². The quantitative estimate of drug-likeness (QED) is 0.648. The smallest absolute Gasteiger partial charge is 0.107 e. The molecule has 1 aromatic carbocycles. The monoisotopic (exact) mass is 268 g/mol. The highest BCUT2D eigenvalue weighted by Crippen LogP contribution is 2.28. The fourth-order valence-corrected chi connectivity index (χ4v) is 2.87. The van der Waals surface area contributed by atoms with Crippen molar-refractivity contribution in [2.24, 2.45) is 5.73 Å². The van der Waals surface area contributed by atoms with Gasteiger partial charge in [0.05, 0.1) is 12.6 Å². The van der Waals surface area contributed by atoms with Crippen molar-refractivity contribution < 1.29 is 4.74 Å². The number of anilines is 1. The number of thioether (sulfide) groups is 1. The zero-order valence-electron chi connectivity index (χ0n) is 9.73. The van der Waals surface area contributed by atoms with Crippen LogP contribution in [0.4, 0.5) is 5.69 Å². The summed E-state index contributed by atoms with van der Waals surface area (Å²) in [5.41, 5.74) is 7.77. The minimum absolute atomic E-state index is 0.361. The van der Waals surface area contributed by atoms with E-state index in [-0.39, 0.29) is 0 Å². The molecule has 1 heterocycles. The summed E-state index contributed by atoms with van der Waals surface area (Å²) >= 11 is 6.79. The first-order valence-electron chi connectivity index (χ1n) is 5.53. The molecule has 3 nitrogen and oxygen atoms in total. The van der Waals surface area contributed by atoms with Crippen LogP contribution in [-0.4, -0.2) is 30.5 Å². The molecule has 0 spiro atoms. The third-order valence-corrected chi connectivity index (χ3v) is 3.77. The van der Waals surface area contributed by atoms with E-state index < -0.39 is 0 Å². The number of nitrogens with two attached hydrogens (primary N) is 1. The average Bonchev–Trinajstić information content (AvgIpc) is 2.81. The fourth-order valence-electron chi connectivity index (χ4n) is 1.94. The zero-order chi connectivity index (χ0) is 12.3. The number of hydrogen-bond acceptors (Lipinski definition) is 4. The molecule has 1 aliphatic rings. The van der Waals surface area contributed by atoms with Gasteiger partial charge in [0, 0.05) is 22.8 Å². The minimum atomic E-state index is 0.361. The molecular weight excluding hydrogens is 252 g/mol. The van der Waals surface area contributed by atoms with Gasteiger partial charge in [-0.3, -0.25) is 0 Å². The van der Waals surface area contributed by atoms with Crippen molar-refractivity contribution in [3.63, 3.8) is 0 Å². The predicted octanol–water partition coefficient (Wildman–Crippen LogP) is 2.24. The van der Waals surface area contributed by atoms with Gasteiger partial charge in [-0.2, -0.15) is 0 Å². The highest BCUT2D eigenvalue weighted by Gasteiger charge is 2.18. The lowest BCUT2D eigenvalue weighted by Crippen LogP contribution is -2.22. The van der Waals surface area contributed by atoms with Gasteiger partial charge in [-0.15, -0.1) is 11.8 Å². The molecule has 1 aromatic rings. The van der Waals surface area contributed by atoms with Crippen LogP contribution >= 0.6 is 24.0 Å². The van der Waals surface area contributed by atoms with Crippen LogP contribution in [0.5, 0.6) is 0 Å². The number of nitrogens with one attached hydrogen (secondary N) is 1. The molecule has 3 N–H and O–H groups in total. The van der Waals surface area contributed by atoms with Gasteiger partial charge >= 0.3 is 0 Å². The molecule has 1 aliphatic heterocycles. The normalized spacial score (nSPS) is 19.2. The molecule has 1 atom stereocenters. The molecule has 0 aliphatic carbocycles. The maximum atomic E-state index is 5.81. The summed E-state index contributed by atoms with van der Waals surface area (Å²) in [4.78, 5) is 1.55. The van der Waals surface area contributed by atoms with Gasteiger partial charge in [-0.25, -0.2) is 0 Å². The Kier molecular flexibility index (Phi) is 4.25. The van der Waals surface area contributed by atoms with Gasteiger partial charge in [0.15, 0.2) is 0 Å². The first-order valence-corrected chi connectivity index (χ1v) is 7.16. The second kappa shape index (κ2) is 5.71. The molecular formula is C12H16N2OS2. The van der Waals surface area contributed by atoms with Crippen molar-refractivity contribution in [3.8, 4) is 0 Å². The number of thiocarbonyl (C=S) groups is 1. The molecule has 0 saturated carbocycles. The first-order chi connectivity index (χ1) is 8.22. The largest absolute Gasteiger partial charge is 0.389 e. The van der Waals surface area contributed by atoms with E-state index >= 15 is 0 Å². The van der Waals surface area contributed by atoms with Crippen molar-refractivity contribution in [2.75, 3.05) is 24.8 Å². The Bertz CT molecular complexity index is 417. The van der Waals surface area contributed by atoms with Gasteiger partial charge in [0.2, 0.25) is 0 Å². The molecule has 17 heavy (non-hydrogen) atoms. The van der Waals surface area contributed by atoms with Crippen LogP contribution in [0, 0.1) is 0 Å². The number of benzene rings is 1. The average molecular weight is 268 g/mol. The van der Waals surface area contributed by atoms with E-state index in [0.29, 0.717) is 11.0 Å². The molecule has 0 amide bonds. The Morgan fingerprint density at radius 3 is 3.00 bits per heavy atom. The van der Waals surface area contributed by atoms with Crippen molar-refractivity contribution in [2.45, 2.75) is 17.4 Å². The van der Waals surface area contributed by atoms with E-state index in [9.17, 15) is 0 Å². The van der Waals surface area contributed by atoms with Crippen LogP contribution in [-0.2, 0) is 4.74 Å². The van der Waals surface area contributed by atoms with Crippen LogP contribution in [0.1, 0.15) is 12.0 Å². The molecule has 2 rings (SSSR count). The molecule has 1 fully saturated rings. The van der Waals surface area contributed by atoms with E-state index in [4.69, 9.17) is 22.7 Å². The van der Waals surface area contributed by atoms with Crippen LogP contribution in [0.25, 0.3) is 0 Å². The van der Waals surface area contributed by atoms with Gasteiger partial charge in [-0.1, -0.05) is 18.3 Å². The van der Waals surface area contributed by atoms with E-state index in [1.807, 2.05) is 24.5 Å². The lowest BCUT2D eigenvalue weighted by atomic mass is 10.1. The van der Waals surface area contributed by atoms with Crippen LogP contribution < -0.4 is 11.1 Å². The SMILES string of the molecule is CSc1cccc(NC2CCOC2)c1C(N)=S. The van der Waals surface area contributed by atoms with Crippen LogP contribution in [0.2, 0.25) is 0 Å². The minimum Gasteiger partial charge on any atom is -0.389 e. The first kappa shape index (κ1) is 12.7. The molecule has 1 saturated heterocycles. The number of ether oxygens (including phenoxy) is 1. The summed E-state index contributed by atoms with van der Waals surface area (Å²) in [7, 11) is 0. The molecule has 0 aromatic heterocycles. The highest BCUT2D eigenvalue weighted by atomic mass is 32.2.